The highest BCUT2D eigenvalue weighted by Crippen LogP contribution is 2.18. The molecular weight excluding hydrogens is 200 g/mol. The molecule has 2 amide bonds. The molecule has 2 rings (SSSR count). The predicted molar refractivity (Wildman–Crippen MR) is 64.2 cm³/mol. The van der Waals surface area contributed by atoms with Crippen molar-refractivity contribution in [2.45, 2.75) is 26.3 Å². The van der Waals surface area contributed by atoms with Gasteiger partial charge >= 0.3 is 6.03 Å². The number of fused-ring (bicyclic) bond motifs is 1. The van der Waals surface area contributed by atoms with Crippen LogP contribution in [-0.2, 0) is 13.0 Å². The number of nitrogens with zero attached hydrogens (tertiary/aromatic N) is 1. The average molecular weight is 218 g/mol. The third kappa shape index (κ3) is 2.35. The van der Waals surface area contributed by atoms with Gasteiger partial charge in [0.05, 0.1) is 0 Å². The molecule has 1 N–H and O–H groups in total. The molecule has 3 nitrogen and oxygen atoms in total. The largest absolute Gasteiger partial charge is 0.338 e. The number of benzene rings is 1. The Labute approximate surface area is 96.5 Å². The molecule has 3 heteroatoms. The molecular formula is C13H18N2O. The summed E-state index contributed by atoms with van der Waals surface area (Å²) in [5.74, 6) is 0. The minimum atomic E-state index is 0.0661. The molecule has 1 aromatic carbocycles. The van der Waals surface area contributed by atoms with Crippen molar-refractivity contribution in [1.82, 2.24) is 10.2 Å². The molecule has 86 valence electrons. The van der Waals surface area contributed by atoms with E-state index < -0.39 is 0 Å². The van der Waals surface area contributed by atoms with Gasteiger partial charge in [0.25, 0.3) is 0 Å². The highest BCUT2D eigenvalue weighted by atomic mass is 16.2. The maximum absolute atomic E-state index is 11.8. The predicted octanol–water partition coefficient (Wildman–Crippen LogP) is 2.16. The quantitative estimate of drug-likeness (QED) is 0.810. The monoisotopic (exact) mass is 218 g/mol. The number of amides is 2. The Morgan fingerprint density at radius 2 is 2.12 bits per heavy atom. The molecule has 1 aliphatic rings. The Morgan fingerprint density at radius 3 is 2.88 bits per heavy atom. The standard InChI is InChI=1S/C13H18N2O/c1-2-8-14-13(16)15-9-7-11-5-3-4-6-12(11)10-15/h3-6H,2,7-10H2,1H3,(H,14,16). The first-order chi connectivity index (χ1) is 7.81. The van der Waals surface area contributed by atoms with E-state index in [1.807, 2.05) is 11.0 Å². The highest BCUT2D eigenvalue weighted by Gasteiger charge is 2.19. The molecule has 0 fully saturated rings. The summed E-state index contributed by atoms with van der Waals surface area (Å²) >= 11 is 0. The Hall–Kier alpha value is -1.51. The van der Waals surface area contributed by atoms with E-state index in [1.165, 1.54) is 11.1 Å². The number of rotatable bonds is 2. The van der Waals surface area contributed by atoms with Gasteiger partial charge in [-0.15, -0.1) is 0 Å². The van der Waals surface area contributed by atoms with Crippen LogP contribution in [0.1, 0.15) is 24.5 Å². The van der Waals surface area contributed by atoms with Crippen LogP contribution in [0.4, 0.5) is 4.79 Å². The van der Waals surface area contributed by atoms with E-state index in [0.717, 1.165) is 32.5 Å². The van der Waals surface area contributed by atoms with E-state index in [1.54, 1.807) is 0 Å². The smallest absolute Gasteiger partial charge is 0.317 e. The lowest BCUT2D eigenvalue weighted by molar-refractivity contribution is 0.192. The fraction of sp³-hybridized carbons (Fsp3) is 0.462. The number of hydrogen-bond acceptors (Lipinski definition) is 1. The first-order valence-corrected chi connectivity index (χ1v) is 5.91. The fourth-order valence-electron chi connectivity index (χ4n) is 2.01. The second-order valence-electron chi connectivity index (χ2n) is 4.17. The second kappa shape index (κ2) is 5.01. The summed E-state index contributed by atoms with van der Waals surface area (Å²) in [4.78, 5) is 13.7. The van der Waals surface area contributed by atoms with Crippen molar-refractivity contribution in [1.29, 1.82) is 0 Å². The Balaban J connectivity index is 1.99. The molecule has 0 saturated heterocycles. The molecule has 0 aliphatic carbocycles. The Bertz CT molecular complexity index is 376. The second-order valence-corrected chi connectivity index (χ2v) is 4.17. The van der Waals surface area contributed by atoms with E-state index in [4.69, 9.17) is 0 Å². The van der Waals surface area contributed by atoms with E-state index in [2.05, 4.69) is 30.4 Å². The molecule has 1 aromatic rings. The summed E-state index contributed by atoms with van der Waals surface area (Å²) in [6.07, 6.45) is 1.95. The van der Waals surface area contributed by atoms with Crippen molar-refractivity contribution < 1.29 is 4.79 Å². The van der Waals surface area contributed by atoms with E-state index in [-0.39, 0.29) is 6.03 Å². The zero-order valence-electron chi connectivity index (χ0n) is 9.70. The normalized spacial score (nSPS) is 14.4. The number of carbonyl (C=O) groups excluding carboxylic acids is 1. The van der Waals surface area contributed by atoms with Crippen LogP contribution in [0.5, 0.6) is 0 Å². The first kappa shape index (κ1) is 11.0. The van der Waals surface area contributed by atoms with Crippen LogP contribution in [0.25, 0.3) is 0 Å². The number of hydrogen-bond donors (Lipinski definition) is 1. The minimum Gasteiger partial charge on any atom is -0.338 e. The van der Waals surface area contributed by atoms with E-state index in [0.29, 0.717) is 0 Å². The van der Waals surface area contributed by atoms with Crippen LogP contribution in [0.15, 0.2) is 24.3 Å². The summed E-state index contributed by atoms with van der Waals surface area (Å²) in [6.45, 7) is 4.39. The van der Waals surface area contributed by atoms with Crippen molar-refractivity contribution in [3.63, 3.8) is 0 Å². The number of urea groups is 1. The zero-order chi connectivity index (χ0) is 11.4. The van der Waals surface area contributed by atoms with Gasteiger partial charge < -0.3 is 10.2 Å². The molecule has 0 bridgehead atoms. The third-order valence-electron chi connectivity index (χ3n) is 2.94. The van der Waals surface area contributed by atoms with E-state index >= 15 is 0 Å². The molecule has 0 saturated carbocycles. The lowest BCUT2D eigenvalue weighted by atomic mass is 10.0. The van der Waals surface area contributed by atoms with Crippen molar-refractivity contribution in [3.05, 3.63) is 35.4 Å². The SMILES string of the molecule is CCCNC(=O)N1CCc2ccccc2C1. The van der Waals surface area contributed by atoms with Crippen molar-refractivity contribution in [3.8, 4) is 0 Å². The summed E-state index contributed by atoms with van der Waals surface area (Å²) < 4.78 is 0. The van der Waals surface area contributed by atoms with Crippen molar-refractivity contribution in [2.75, 3.05) is 13.1 Å². The number of carbonyl (C=O) groups is 1. The molecule has 0 atom stereocenters. The molecule has 1 heterocycles. The molecule has 0 aromatic heterocycles. The van der Waals surface area contributed by atoms with Gasteiger partial charge in [-0.05, 0) is 24.0 Å². The van der Waals surface area contributed by atoms with Gasteiger partial charge in [-0.3, -0.25) is 0 Å². The van der Waals surface area contributed by atoms with Crippen molar-refractivity contribution in [2.24, 2.45) is 0 Å². The average Bonchev–Trinajstić information content (AvgIpc) is 2.35. The van der Waals surface area contributed by atoms with Gasteiger partial charge in [0.1, 0.15) is 0 Å². The summed E-state index contributed by atoms with van der Waals surface area (Å²) in [5, 5.41) is 2.92. The maximum Gasteiger partial charge on any atom is 0.317 e. The van der Waals surface area contributed by atoms with Crippen molar-refractivity contribution >= 4 is 6.03 Å². The van der Waals surface area contributed by atoms with E-state index in [9.17, 15) is 4.79 Å². The fourth-order valence-corrected chi connectivity index (χ4v) is 2.01. The van der Waals surface area contributed by atoms with Crippen LogP contribution in [0, 0.1) is 0 Å². The lowest BCUT2D eigenvalue weighted by Crippen LogP contribution is -2.42. The number of nitrogens with one attached hydrogen (secondary N) is 1. The van der Waals surface area contributed by atoms with Gasteiger partial charge in [0, 0.05) is 19.6 Å². The summed E-state index contributed by atoms with van der Waals surface area (Å²) in [6, 6.07) is 8.42. The molecule has 0 spiro atoms. The minimum absolute atomic E-state index is 0.0661. The highest BCUT2D eigenvalue weighted by molar-refractivity contribution is 5.74. The molecule has 0 radical (unpaired) electrons. The Morgan fingerprint density at radius 1 is 1.38 bits per heavy atom. The summed E-state index contributed by atoms with van der Waals surface area (Å²) in [5.41, 5.74) is 2.66. The van der Waals surface area contributed by atoms with Gasteiger partial charge in [-0.1, -0.05) is 31.2 Å². The van der Waals surface area contributed by atoms with Crippen LogP contribution in [-0.4, -0.2) is 24.0 Å². The summed E-state index contributed by atoms with van der Waals surface area (Å²) in [7, 11) is 0. The lowest BCUT2D eigenvalue weighted by Gasteiger charge is -2.28. The van der Waals surface area contributed by atoms with Crippen LogP contribution < -0.4 is 5.32 Å². The van der Waals surface area contributed by atoms with Crippen LogP contribution in [0.3, 0.4) is 0 Å². The van der Waals surface area contributed by atoms with Gasteiger partial charge in [-0.2, -0.15) is 0 Å². The molecule has 1 aliphatic heterocycles. The van der Waals surface area contributed by atoms with Crippen LogP contribution >= 0.6 is 0 Å². The van der Waals surface area contributed by atoms with Crippen LogP contribution in [0.2, 0.25) is 0 Å². The first-order valence-electron chi connectivity index (χ1n) is 5.91. The zero-order valence-corrected chi connectivity index (χ0v) is 9.70. The molecule has 16 heavy (non-hydrogen) atoms. The third-order valence-corrected chi connectivity index (χ3v) is 2.94. The Kier molecular flexibility index (Phi) is 3.44. The topological polar surface area (TPSA) is 32.3 Å². The van der Waals surface area contributed by atoms with Gasteiger partial charge in [-0.25, -0.2) is 4.79 Å². The van der Waals surface area contributed by atoms with Gasteiger partial charge in [0.15, 0.2) is 0 Å². The molecule has 0 unspecified atom stereocenters. The maximum atomic E-state index is 11.8. The van der Waals surface area contributed by atoms with Gasteiger partial charge in [0.2, 0.25) is 0 Å².